The zero-order valence-corrected chi connectivity index (χ0v) is 14.5. The molecule has 0 spiro atoms. The Morgan fingerprint density at radius 2 is 2.13 bits per heavy atom. The second-order valence-electron chi connectivity index (χ2n) is 5.81. The topological polar surface area (TPSA) is 53.2 Å². The van der Waals surface area contributed by atoms with Gasteiger partial charge in [-0.2, -0.15) is 11.8 Å². The van der Waals surface area contributed by atoms with E-state index in [1.807, 2.05) is 30.8 Å². The third kappa shape index (κ3) is 3.62. The van der Waals surface area contributed by atoms with Crippen LogP contribution in [0.3, 0.4) is 0 Å². The summed E-state index contributed by atoms with van der Waals surface area (Å²) >= 11 is 8.22. The maximum Gasteiger partial charge on any atom is 0.255 e. The average molecular weight is 351 g/mol. The number of hydrogen-bond donors (Lipinski definition) is 1. The third-order valence-electron chi connectivity index (χ3n) is 4.36. The molecule has 4 nitrogen and oxygen atoms in total. The van der Waals surface area contributed by atoms with Crippen LogP contribution in [-0.2, 0) is 11.2 Å². The number of H-pyrrole nitrogens is 1. The summed E-state index contributed by atoms with van der Waals surface area (Å²) in [5, 5.41) is 1.83. The first-order chi connectivity index (χ1) is 11.1. The molecule has 1 fully saturated rings. The number of halogens is 1. The summed E-state index contributed by atoms with van der Waals surface area (Å²) in [6, 6.07) is 5.23. The lowest BCUT2D eigenvalue weighted by Gasteiger charge is -2.31. The van der Waals surface area contributed by atoms with Gasteiger partial charge in [0.2, 0.25) is 0 Å². The van der Waals surface area contributed by atoms with Crippen LogP contribution in [0, 0.1) is 0 Å². The van der Waals surface area contributed by atoms with E-state index in [1.165, 1.54) is 0 Å². The van der Waals surface area contributed by atoms with Crippen LogP contribution in [0.5, 0.6) is 0 Å². The molecule has 6 heteroatoms. The third-order valence-corrected chi connectivity index (χ3v) is 5.66. The molecule has 0 aliphatic carbocycles. The molecule has 0 radical (unpaired) electrons. The summed E-state index contributed by atoms with van der Waals surface area (Å²) in [6.07, 6.45) is 1.91. The van der Waals surface area contributed by atoms with E-state index in [9.17, 15) is 9.59 Å². The number of Topliss-reactive ketones (excluding diaryl/α,β-unsaturated/α-hetero) is 1. The van der Waals surface area contributed by atoms with Gasteiger partial charge in [0.15, 0.2) is 5.78 Å². The van der Waals surface area contributed by atoms with Gasteiger partial charge in [-0.1, -0.05) is 11.6 Å². The monoisotopic (exact) mass is 350 g/mol. The highest BCUT2D eigenvalue weighted by Crippen LogP contribution is 2.23. The Bertz CT molecular complexity index is 784. The molecule has 2 aromatic rings. The van der Waals surface area contributed by atoms with E-state index in [2.05, 4.69) is 9.88 Å². The van der Waals surface area contributed by atoms with Crippen LogP contribution in [0.4, 0.5) is 0 Å². The number of benzene rings is 1. The van der Waals surface area contributed by atoms with Crippen LogP contribution in [-0.4, -0.2) is 46.3 Å². The quantitative estimate of drug-likeness (QED) is 0.921. The Kier molecular flexibility index (Phi) is 5.09. The van der Waals surface area contributed by atoms with Gasteiger partial charge in [0.1, 0.15) is 0 Å². The molecule has 1 unspecified atom stereocenters. The number of ketones is 1. The largest absolute Gasteiger partial charge is 0.329 e. The number of carbonyl (C=O) groups excluding carboxylic acids is 1. The van der Waals surface area contributed by atoms with Gasteiger partial charge in [0.05, 0.1) is 6.04 Å². The number of aromatic amines is 1. The molecule has 1 aromatic carbocycles. The van der Waals surface area contributed by atoms with Crippen molar-refractivity contribution >= 4 is 39.9 Å². The van der Waals surface area contributed by atoms with Crippen molar-refractivity contribution in [3.8, 4) is 0 Å². The van der Waals surface area contributed by atoms with Crippen molar-refractivity contribution in [2.75, 3.05) is 24.6 Å². The SMILES string of the molecule is CC(C(=O)Cc1cc2cc[nH]c(=O)c2cc1Cl)N1CCSCC1. The predicted molar refractivity (Wildman–Crippen MR) is 96.6 cm³/mol. The van der Waals surface area contributed by atoms with Crippen molar-refractivity contribution in [1.29, 1.82) is 0 Å². The van der Waals surface area contributed by atoms with Crippen LogP contribution in [0.2, 0.25) is 5.02 Å². The summed E-state index contributed by atoms with van der Waals surface area (Å²) in [5.74, 6) is 2.33. The molecule has 1 aliphatic heterocycles. The highest BCUT2D eigenvalue weighted by atomic mass is 35.5. The van der Waals surface area contributed by atoms with Crippen molar-refractivity contribution in [3.05, 3.63) is 45.3 Å². The Labute approximate surface area is 144 Å². The summed E-state index contributed by atoms with van der Waals surface area (Å²) in [6.45, 7) is 3.88. The molecular formula is C17H19ClN2O2S. The van der Waals surface area contributed by atoms with Gasteiger partial charge < -0.3 is 4.98 Å². The lowest BCUT2D eigenvalue weighted by Crippen LogP contribution is -2.44. The molecule has 0 saturated carbocycles. The van der Waals surface area contributed by atoms with E-state index in [0.29, 0.717) is 16.8 Å². The maximum absolute atomic E-state index is 12.6. The van der Waals surface area contributed by atoms with Crippen molar-refractivity contribution in [3.63, 3.8) is 0 Å². The van der Waals surface area contributed by atoms with E-state index in [-0.39, 0.29) is 17.4 Å². The number of aromatic nitrogens is 1. The minimum Gasteiger partial charge on any atom is -0.329 e. The van der Waals surface area contributed by atoms with Gasteiger partial charge in [0.25, 0.3) is 5.56 Å². The van der Waals surface area contributed by atoms with Crippen LogP contribution < -0.4 is 5.56 Å². The van der Waals surface area contributed by atoms with Gasteiger partial charge in [-0.15, -0.1) is 0 Å². The zero-order valence-electron chi connectivity index (χ0n) is 13.0. The molecule has 1 aromatic heterocycles. The summed E-state index contributed by atoms with van der Waals surface area (Å²) in [7, 11) is 0. The number of pyridine rings is 1. The Morgan fingerprint density at radius 3 is 2.87 bits per heavy atom. The number of nitrogens with one attached hydrogen (secondary N) is 1. The van der Waals surface area contributed by atoms with Crippen LogP contribution in [0.1, 0.15) is 12.5 Å². The summed E-state index contributed by atoms with van der Waals surface area (Å²) < 4.78 is 0. The smallest absolute Gasteiger partial charge is 0.255 e. The number of thioether (sulfide) groups is 1. The molecule has 1 atom stereocenters. The van der Waals surface area contributed by atoms with Crippen molar-refractivity contribution < 1.29 is 4.79 Å². The van der Waals surface area contributed by atoms with E-state index in [4.69, 9.17) is 11.6 Å². The number of hydrogen-bond acceptors (Lipinski definition) is 4. The Hall–Kier alpha value is -1.30. The highest BCUT2D eigenvalue weighted by molar-refractivity contribution is 7.99. The lowest BCUT2D eigenvalue weighted by molar-refractivity contribution is -0.123. The molecule has 0 amide bonds. The van der Waals surface area contributed by atoms with E-state index in [0.717, 1.165) is 35.5 Å². The fraction of sp³-hybridized carbons (Fsp3) is 0.412. The summed E-state index contributed by atoms with van der Waals surface area (Å²) in [5.41, 5.74) is 0.620. The molecular weight excluding hydrogens is 332 g/mol. The number of carbonyl (C=O) groups is 1. The van der Waals surface area contributed by atoms with Gasteiger partial charge in [0, 0.05) is 47.6 Å². The second-order valence-corrected chi connectivity index (χ2v) is 7.44. The van der Waals surface area contributed by atoms with Gasteiger partial charge in [-0.3, -0.25) is 14.5 Å². The number of nitrogens with zero attached hydrogens (tertiary/aromatic N) is 1. The minimum atomic E-state index is -0.165. The first-order valence-corrected chi connectivity index (χ1v) is 9.24. The summed E-state index contributed by atoms with van der Waals surface area (Å²) in [4.78, 5) is 29.2. The Morgan fingerprint density at radius 1 is 1.39 bits per heavy atom. The predicted octanol–water partition coefficient (Wildman–Crippen LogP) is 2.73. The highest BCUT2D eigenvalue weighted by Gasteiger charge is 2.23. The normalized spacial score (nSPS) is 17.3. The van der Waals surface area contributed by atoms with E-state index in [1.54, 1.807) is 12.3 Å². The van der Waals surface area contributed by atoms with Crippen molar-refractivity contribution in [2.45, 2.75) is 19.4 Å². The fourth-order valence-corrected chi connectivity index (χ4v) is 4.06. The Balaban J connectivity index is 1.81. The second kappa shape index (κ2) is 7.07. The number of fused-ring (bicyclic) bond motifs is 1. The maximum atomic E-state index is 12.6. The first kappa shape index (κ1) is 16.6. The van der Waals surface area contributed by atoms with Crippen molar-refractivity contribution in [1.82, 2.24) is 9.88 Å². The fourth-order valence-electron chi connectivity index (χ4n) is 2.90. The molecule has 2 heterocycles. The molecule has 122 valence electrons. The first-order valence-electron chi connectivity index (χ1n) is 7.70. The van der Waals surface area contributed by atoms with Gasteiger partial charge >= 0.3 is 0 Å². The molecule has 0 bridgehead atoms. The number of rotatable bonds is 4. The zero-order chi connectivity index (χ0) is 16.4. The van der Waals surface area contributed by atoms with E-state index >= 15 is 0 Å². The van der Waals surface area contributed by atoms with E-state index < -0.39 is 0 Å². The van der Waals surface area contributed by atoms with Crippen LogP contribution in [0.15, 0.2) is 29.2 Å². The lowest BCUT2D eigenvalue weighted by atomic mass is 10.0. The minimum absolute atomic E-state index is 0.0955. The average Bonchev–Trinajstić information content (AvgIpc) is 2.56. The molecule has 1 aliphatic rings. The van der Waals surface area contributed by atoms with Gasteiger partial charge in [-0.05, 0) is 36.1 Å². The standard InChI is InChI=1S/C17H19ClN2O2S/c1-11(20-4-6-23-7-5-20)16(21)9-13-8-12-2-3-19-17(22)14(12)10-15(13)18/h2-3,8,10-11H,4-7,9H2,1H3,(H,19,22). The molecule has 1 N–H and O–H groups in total. The van der Waals surface area contributed by atoms with Crippen LogP contribution in [0.25, 0.3) is 10.8 Å². The van der Waals surface area contributed by atoms with Crippen LogP contribution >= 0.6 is 23.4 Å². The molecule has 1 saturated heterocycles. The van der Waals surface area contributed by atoms with Gasteiger partial charge in [-0.25, -0.2) is 0 Å². The van der Waals surface area contributed by atoms with Crippen molar-refractivity contribution in [2.24, 2.45) is 0 Å². The molecule has 23 heavy (non-hydrogen) atoms. The molecule has 3 rings (SSSR count).